The van der Waals surface area contributed by atoms with E-state index in [0.717, 1.165) is 10.8 Å². The van der Waals surface area contributed by atoms with Crippen LogP contribution in [-0.2, 0) is 0 Å². The van der Waals surface area contributed by atoms with Crippen molar-refractivity contribution >= 4 is 28.2 Å². The number of hydrogen-bond acceptors (Lipinski definition) is 1. The molecule has 1 nitrogen and oxygen atoms in total. The number of rotatable bonds is 2. The van der Waals surface area contributed by atoms with Crippen molar-refractivity contribution in [2.45, 2.75) is 0 Å². The highest BCUT2D eigenvalue weighted by atomic mass is 35.5. The van der Waals surface area contributed by atoms with Gasteiger partial charge in [0.05, 0.1) is 5.02 Å². The first kappa shape index (κ1) is 12.8. The van der Waals surface area contributed by atoms with Crippen LogP contribution < -0.4 is 0 Å². The van der Waals surface area contributed by atoms with Gasteiger partial charge in [-0.2, -0.15) is 0 Å². The highest BCUT2D eigenvalue weighted by molar-refractivity contribution is 6.35. The molecule has 3 heteroatoms. The second kappa shape index (κ2) is 5.06. The molecule has 3 aromatic carbocycles. The van der Waals surface area contributed by atoms with Gasteiger partial charge in [-0.05, 0) is 29.0 Å². The first-order valence-electron chi connectivity index (χ1n) is 6.14. The van der Waals surface area contributed by atoms with Crippen molar-refractivity contribution in [1.82, 2.24) is 0 Å². The van der Waals surface area contributed by atoms with Gasteiger partial charge < -0.3 is 0 Å². The zero-order valence-corrected chi connectivity index (χ0v) is 11.2. The summed E-state index contributed by atoms with van der Waals surface area (Å²) in [6.45, 7) is 0. The van der Waals surface area contributed by atoms with E-state index >= 15 is 0 Å². The van der Waals surface area contributed by atoms with Gasteiger partial charge in [-0.15, -0.1) is 0 Å². The highest BCUT2D eigenvalue weighted by Gasteiger charge is 2.15. The fourth-order valence-corrected chi connectivity index (χ4v) is 2.38. The quantitative estimate of drug-likeness (QED) is 0.614. The summed E-state index contributed by atoms with van der Waals surface area (Å²) in [6, 6.07) is 17.4. The summed E-state index contributed by atoms with van der Waals surface area (Å²) in [5.41, 5.74) is 0.679. The third kappa shape index (κ3) is 2.19. The first-order valence-corrected chi connectivity index (χ1v) is 6.52. The zero-order chi connectivity index (χ0) is 14.1. The summed E-state index contributed by atoms with van der Waals surface area (Å²) < 4.78 is 13.4. The van der Waals surface area contributed by atoms with Crippen LogP contribution >= 0.6 is 11.6 Å². The molecule has 0 unspecified atom stereocenters. The summed E-state index contributed by atoms with van der Waals surface area (Å²) in [6.07, 6.45) is 0. The Morgan fingerprint density at radius 2 is 1.65 bits per heavy atom. The minimum atomic E-state index is -0.585. The number of fused-ring (bicyclic) bond motifs is 1. The standard InChI is InChI=1S/C17H10ClFO/c18-16-14(6-3-7-15(16)19)17(20)13-9-8-11-4-1-2-5-12(11)10-13/h1-10H. The number of halogens is 2. The molecule has 0 bridgehead atoms. The van der Waals surface area contributed by atoms with Crippen LogP contribution in [0.25, 0.3) is 10.8 Å². The minimum absolute atomic E-state index is 0.134. The maximum Gasteiger partial charge on any atom is 0.194 e. The lowest BCUT2D eigenvalue weighted by Crippen LogP contribution is -2.03. The molecule has 0 atom stereocenters. The van der Waals surface area contributed by atoms with Crippen molar-refractivity contribution in [2.75, 3.05) is 0 Å². The van der Waals surface area contributed by atoms with Gasteiger partial charge in [0.2, 0.25) is 0 Å². The molecule has 0 radical (unpaired) electrons. The van der Waals surface area contributed by atoms with E-state index in [1.54, 1.807) is 12.1 Å². The molecular weight excluding hydrogens is 275 g/mol. The molecule has 0 spiro atoms. The second-order valence-corrected chi connectivity index (χ2v) is 4.87. The fraction of sp³-hybridized carbons (Fsp3) is 0. The van der Waals surface area contributed by atoms with E-state index in [1.165, 1.54) is 18.2 Å². The van der Waals surface area contributed by atoms with Crippen LogP contribution in [0, 0.1) is 5.82 Å². The predicted molar refractivity (Wildman–Crippen MR) is 78.8 cm³/mol. The lowest BCUT2D eigenvalue weighted by Gasteiger charge is -2.06. The molecule has 98 valence electrons. The maximum atomic E-state index is 13.4. The summed E-state index contributed by atoms with van der Waals surface area (Å²) in [4.78, 5) is 12.4. The van der Waals surface area contributed by atoms with E-state index in [4.69, 9.17) is 11.6 Å². The third-order valence-corrected chi connectivity index (χ3v) is 3.59. The van der Waals surface area contributed by atoms with Crippen molar-refractivity contribution in [2.24, 2.45) is 0 Å². The number of hydrogen-bond donors (Lipinski definition) is 0. The summed E-state index contributed by atoms with van der Waals surface area (Å²) >= 11 is 5.86. The van der Waals surface area contributed by atoms with Crippen LogP contribution in [0.2, 0.25) is 5.02 Å². The molecule has 0 aliphatic rings. The van der Waals surface area contributed by atoms with Crippen molar-refractivity contribution in [3.05, 3.63) is 82.6 Å². The molecular formula is C17H10ClFO. The van der Waals surface area contributed by atoms with E-state index in [0.29, 0.717) is 5.56 Å². The van der Waals surface area contributed by atoms with E-state index in [9.17, 15) is 9.18 Å². The number of ketones is 1. The Kier molecular flexibility index (Phi) is 3.25. The van der Waals surface area contributed by atoms with E-state index in [1.807, 2.05) is 30.3 Å². The molecule has 0 heterocycles. The summed E-state index contributed by atoms with van der Waals surface area (Å²) in [5.74, 6) is -0.862. The third-order valence-electron chi connectivity index (χ3n) is 3.21. The van der Waals surface area contributed by atoms with Crippen LogP contribution in [0.1, 0.15) is 15.9 Å². The Morgan fingerprint density at radius 3 is 2.45 bits per heavy atom. The molecule has 0 aromatic heterocycles. The molecule has 0 fully saturated rings. The Labute approximate surface area is 120 Å². The highest BCUT2D eigenvalue weighted by Crippen LogP contribution is 2.24. The van der Waals surface area contributed by atoms with Crippen molar-refractivity contribution < 1.29 is 9.18 Å². The van der Waals surface area contributed by atoms with Gasteiger partial charge in [-0.1, -0.05) is 54.1 Å². The molecule has 0 saturated heterocycles. The van der Waals surface area contributed by atoms with E-state index in [2.05, 4.69) is 0 Å². The van der Waals surface area contributed by atoms with Gasteiger partial charge in [0, 0.05) is 11.1 Å². The van der Waals surface area contributed by atoms with Crippen LogP contribution in [0.4, 0.5) is 4.39 Å². The average molecular weight is 285 g/mol. The Hall–Kier alpha value is -2.19. The fourth-order valence-electron chi connectivity index (χ4n) is 2.17. The lowest BCUT2D eigenvalue weighted by molar-refractivity contribution is 0.103. The van der Waals surface area contributed by atoms with Crippen LogP contribution in [-0.4, -0.2) is 5.78 Å². The molecule has 0 aliphatic heterocycles. The average Bonchev–Trinajstić information content (AvgIpc) is 2.49. The monoisotopic (exact) mass is 284 g/mol. The van der Waals surface area contributed by atoms with Gasteiger partial charge in [0.15, 0.2) is 5.78 Å². The Bertz CT molecular complexity index is 811. The summed E-state index contributed by atoms with van der Waals surface area (Å²) in [7, 11) is 0. The van der Waals surface area contributed by atoms with Gasteiger partial charge in [-0.25, -0.2) is 4.39 Å². The largest absolute Gasteiger partial charge is 0.289 e. The van der Waals surface area contributed by atoms with Gasteiger partial charge in [0.1, 0.15) is 5.82 Å². The van der Waals surface area contributed by atoms with Crippen LogP contribution in [0.3, 0.4) is 0 Å². The molecule has 3 rings (SSSR count). The number of benzene rings is 3. The Morgan fingerprint density at radius 1 is 0.900 bits per heavy atom. The number of carbonyl (C=O) groups excluding carboxylic acids is 1. The SMILES string of the molecule is O=C(c1ccc2ccccc2c1)c1cccc(F)c1Cl. The smallest absolute Gasteiger partial charge is 0.194 e. The van der Waals surface area contributed by atoms with Crippen LogP contribution in [0.5, 0.6) is 0 Å². The van der Waals surface area contributed by atoms with E-state index < -0.39 is 5.82 Å². The van der Waals surface area contributed by atoms with E-state index in [-0.39, 0.29) is 16.4 Å². The number of carbonyl (C=O) groups is 1. The molecule has 0 aliphatic carbocycles. The van der Waals surface area contributed by atoms with Crippen molar-refractivity contribution in [3.8, 4) is 0 Å². The van der Waals surface area contributed by atoms with Gasteiger partial charge >= 0.3 is 0 Å². The molecule has 0 saturated carbocycles. The van der Waals surface area contributed by atoms with Crippen molar-refractivity contribution in [3.63, 3.8) is 0 Å². The Balaban J connectivity index is 2.10. The molecule has 3 aromatic rings. The second-order valence-electron chi connectivity index (χ2n) is 4.49. The molecule has 0 amide bonds. The predicted octanol–water partition coefficient (Wildman–Crippen LogP) is 4.86. The summed E-state index contributed by atoms with van der Waals surface area (Å²) in [5, 5.41) is 1.88. The zero-order valence-electron chi connectivity index (χ0n) is 10.4. The van der Waals surface area contributed by atoms with Gasteiger partial charge in [-0.3, -0.25) is 4.79 Å². The van der Waals surface area contributed by atoms with Crippen molar-refractivity contribution in [1.29, 1.82) is 0 Å². The topological polar surface area (TPSA) is 17.1 Å². The normalized spacial score (nSPS) is 10.7. The van der Waals surface area contributed by atoms with Gasteiger partial charge in [0.25, 0.3) is 0 Å². The maximum absolute atomic E-state index is 13.4. The minimum Gasteiger partial charge on any atom is -0.289 e. The molecule has 20 heavy (non-hydrogen) atoms. The molecule has 0 N–H and O–H groups in total. The first-order chi connectivity index (χ1) is 9.66. The van der Waals surface area contributed by atoms with Crippen LogP contribution in [0.15, 0.2) is 60.7 Å². The lowest BCUT2D eigenvalue weighted by atomic mass is 10.00.